The highest BCUT2D eigenvalue weighted by Crippen LogP contribution is 2.33. The van der Waals surface area contributed by atoms with Gasteiger partial charge in [0.05, 0.1) is 5.56 Å². The second kappa shape index (κ2) is 4.58. The summed E-state index contributed by atoms with van der Waals surface area (Å²) in [6.07, 6.45) is -3.23. The number of aromatic nitrogens is 1. The second-order valence-corrected chi connectivity index (χ2v) is 5.04. The normalized spacial score (nSPS) is 11.8. The highest BCUT2D eigenvalue weighted by molar-refractivity contribution is 9.10. The third kappa shape index (κ3) is 2.92. The minimum absolute atomic E-state index is 0.370. The smallest absolute Gasteiger partial charge is 0.358 e. The van der Waals surface area contributed by atoms with Gasteiger partial charge in [-0.05, 0) is 9.91 Å². The van der Waals surface area contributed by atoms with Crippen molar-refractivity contribution in [3.8, 4) is 0 Å². The third-order valence-corrected chi connectivity index (χ3v) is 3.49. The molecule has 0 aliphatic heterocycles. The third-order valence-electron chi connectivity index (χ3n) is 1.65. The summed E-state index contributed by atoms with van der Waals surface area (Å²) in [5.41, 5.74) is -1.07. The first kappa shape index (κ1) is 13.9. The summed E-state index contributed by atoms with van der Waals surface area (Å²) in [6, 6.07) is 0.370. The molecule has 0 atom stereocenters. The Hall–Kier alpha value is -1.20. The molecule has 0 spiro atoms. The van der Waals surface area contributed by atoms with Crippen molar-refractivity contribution in [3.05, 3.63) is 26.3 Å². The molecule has 1 aromatic rings. The minimum atomic E-state index is -4.46. The topological polar surface area (TPSA) is 116 Å². The van der Waals surface area contributed by atoms with Gasteiger partial charge in [-0.15, -0.1) is 0 Å². The first-order chi connectivity index (χ1) is 7.64. The van der Waals surface area contributed by atoms with Gasteiger partial charge in [-0.25, -0.2) is 22.3 Å². The number of hydrogen-bond donors (Lipinski definition) is 1. The van der Waals surface area contributed by atoms with Crippen LogP contribution < -0.4 is 5.14 Å². The summed E-state index contributed by atoms with van der Waals surface area (Å²) in [6.45, 7) is 0. The SMILES string of the molecule is NS(=O)(=O)c1c(C(F)F)cc([N+](=O)[O-])nc1Br. The van der Waals surface area contributed by atoms with Crippen molar-refractivity contribution in [1.82, 2.24) is 4.98 Å². The van der Waals surface area contributed by atoms with Crippen LogP contribution in [0.1, 0.15) is 12.0 Å². The lowest BCUT2D eigenvalue weighted by Gasteiger charge is -2.06. The summed E-state index contributed by atoms with van der Waals surface area (Å²) in [5.74, 6) is -0.903. The average molecular weight is 332 g/mol. The number of nitrogens with zero attached hydrogens (tertiary/aromatic N) is 2. The van der Waals surface area contributed by atoms with E-state index in [0.717, 1.165) is 0 Å². The molecule has 2 N–H and O–H groups in total. The van der Waals surface area contributed by atoms with Crippen LogP contribution in [-0.4, -0.2) is 18.3 Å². The highest BCUT2D eigenvalue weighted by Gasteiger charge is 2.30. The molecule has 11 heteroatoms. The maximum Gasteiger partial charge on any atom is 0.365 e. The fourth-order valence-corrected chi connectivity index (χ4v) is 2.89. The van der Waals surface area contributed by atoms with Gasteiger partial charge >= 0.3 is 5.82 Å². The Morgan fingerprint density at radius 1 is 1.53 bits per heavy atom. The molecule has 0 aliphatic rings. The first-order valence-electron chi connectivity index (χ1n) is 3.80. The van der Waals surface area contributed by atoms with Gasteiger partial charge in [-0.2, -0.15) is 0 Å². The van der Waals surface area contributed by atoms with E-state index in [1.54, 1.807) is 0 Å². The maximum atomic E-state index is 12.6. The van der Waals surface area contributed by atoms with Gasteiger partial charge < -0.3 is 10.1 Å². The van der Waals surface area contributed by atoms with Crippen LogP contribution in [0.2, 0.25) is 0 Å². The summed E-state index contributed by atoms with van der Waals surface area (Å²) < 4.78 is 46.7. The van der Waals surface area contributed by atoms with Gasteiger partial charge in [0.25, 0.3) is 6.43 Å². The van der Waals surface area contributed by atoms with Crippen molar-refractivity contribution in [1.29, 1.82) is 0 Å². The molecular weight excluding hydrogens is 328 g/mol. The predicted octanol–water partition coefficient (Wildman–Crippen LogP) is 1.34. The van der Waals surface area contributed by atoms with Gasteiger partial charge in [0.1, 0.15) is 4.90 Å². The van der Waals surface area contributed by atoms with E-state index in [2.05, 4.69) is 20.9 Å². The quantitative estimate of drug-likeness (QED) is 0.509. The van der Waals surface area contributed by atoms with Crippen LogP contribution in [0.5, 0.6) is 0 Å². The van der Waals surface area contributed by atoms with Crippen molar-refractivity contribution in [2.75, 3.05) is 0 Å². The molecule has 0 radical (unpaired) electrons. The molecule has 0 aliphatic carbocycles. The Morgan fingerprint density at radius 3 is 2.41 bits per heavy atom. The average Bonchev–Trinajstić information content (AvgIpc) is 2.13. The van der Waals surface area contributed by atoms with Gasteiger partial charge in [0.15, 0.2) is 0 Å². The van der Waals surface area contributed by atoms with Gasteiger partial charge in [-0.1, -0.05) is 0 Å². The van der Waals surface area contributed by atoms with Gasteiger partial charge in [-0.3, -0.25) is 0 Å². The van der Waals surface area contributed by atoms with Crippen LogP contribution in [0.3, 0.4) is 0 Å². The molecule has 1 rings (SSSR count). The van der Waals surface area contributed by atoms with E-state index in [4.69, 9.17) is 5.14 Å². The van der Waals surface area contributed by atoms with E-state index in [9.17, 15) is 27.3 Å². The first-order valence-corrected chi connectivity index (χ1v) is 6.14. The Labute approximate surface area is 102 Å². The van der Waals surface area contributed by atoms with E-state index in [1.165, 1.54) is 0 Å². The number of hydrogen-bond acceptors (Lipinski definition) is 5. The number of rotatable bonds is 3. The number of sulfonamides is 1. The second-order valence-electron chi connectivity index (χ2n) is 2.79. The summed E-state index contributed by atoms with van der Waals surface area (Å²) in [5, 5.41) is 15.1. The molecule has 0 bridgehead atoms. The molecule has 94 valence electrons. The molecule has 0 saturated carbocycles. The lowest BCUT2D eigenvalue weighted by atomic mass is 10.3. The number of nitro groups is 1. The Morgan fingerprint density at radius 2 is 2.06 bits per heavy atom. The minimum Gasteiger partial charge on any atom is -0.358 e. The fraction of sp³-hybridized carbons (Fsp3) is 0.167. The van der Waals surface area contributed by atoms with Crippen molar-refractivity contribution < 1.29 is 22.1 Å². The van der Waals surface area contributed by atoms with Crippen LogP contribution in [-0.2, 0) is 10.0 Å². The Balaban J connectivity index is 3.67. The van der Waals surface area contributed by atoms with E-state index >= 15 is 0 Å². The van der Waals surface area contributed by atoms with E-state index < -0.39 is 42.3 Å². The molecule has 0 amide bonds. The Bertz CT molecular complexity index is 577. The highest BCUT2D eigenvalue weighted by atomic mass is 79.9. The number of pyridine rings is 1. The van der Waals surface area contributed by atoms with Crippen molar-refractivity contribution in [2.45, 2.75) is 11.3 Å². The van der Waals surface area contributed by atoms with Crippen LogP contribution in [0.4, 0.5) is 14.6 Å². The predicted molar refractivity (Wildman–Crippen MR) is 54.9 cm³/mol. The van der Waals surface area contributed by atoms with Crippen LogP contribution in [0.15, 0.2) is 15.6 Å². The van der Waals surface area contributed by atoms with E-state index in [-0.39, 0.29) is 0 Å². The zero-order valence-electron chi connectivity index (χ0n) is 7.80. The largest absolute Gasteiger partial charge is 0.365 e. The van der Waals surface area contributed by atoms with Gasteiger partial charge in [0, 0.05) is 22.0 Å². The molecular formula is C6H4BrF2N3O4S. The van der Waals surface area contributed by atoms with Crippen LogP contribution >= 0.6 is 15.9 Å². The number of nitrogens with two attached hydrogens (primary N) is 1. The summed E-state index contributed by atoms with van der Waals surface area (Å²) in [4.78, 5) is 11.6. The lowest BCUT2D eigenvalue weighted by molar-refractivity contribution is -0.389. The number of primary sulfonamides is 1. The lowest BCUT2D eigenvalue weighted by Crippen LogP contribution is -2.17. The summed E-state index contributed by atoms with van der Waals surface area (Å²) in [7, 11) is -4.46. The molecule has 0 saturated heterocycles. The monoisotopic (exact) mass is 331 g/mol. The van der Waals surface area contributed by atoms with Crippen molar-refractivity contribution in [3.63, 3.8) is 0 Å². The maximum absolute atomic E-state index is 12.6. The number of alkyl halides is 2. The van der Waals surface area contributed by atoms with E-state index in [0.29, 0.717) is 6.07 Å². The molecule has 0 fully saturated rings. The molecule has 0 unspecified atom stereocenters. The van der Waals surface area contributed by atoms with Gasteiger partial charge in [0.2, 0.25) is 14.6 Å². The standard InChI is InChI=1S/C6H4BrF2N3O4S/c7-5-4(17(10,15)16)2(6(8)9)1-3(11-5)12(13)14/h1,6H,(H2,10,15,16). The molecule has 17 heavy (non-hydrogen) atoms. The van der Waals surface area contributed by atoms with Crippen molar-refractivity contribution >= 4 is 31.8 Å². The summed E-state index contributed by atoms with van der Waals surface area (Å²) >= 11 is 2.56. The fourth-order valence-electron chi connectivity index (χ4n) is 1.04. The van der Waals surface area contributed by atoms with Crippen molar-refractivity contribution in [2.24, 2.45) is 5.14 Å². The molecule has 7 nitrogen and oxygen atoms in total. The number of halogens is 3. The zero-order valence-corrected chi connectivity index (χ0v) is 10.2. The van der Waals surface area contributed by atoms with Crippen LogP contribution in [0.25, 0.3) is 0 Å². The zero-order chi connectivity index (χ0) is 13.4. The molecule has 0 aromatic carbocycles. The Kier molecular flexibility index (Phi) is 3.74. The van der Waals surface area contributed by atoms with Crippen LogP contribution in [0, 0.1) is 10.1 Å². The van der Waals surface area contributed by atoms with E-state index in [1.807, 2.05) is 0 Å². The molecule has 1 heterocycles. The molecule has 1 aromatic heterocycles.